The van der Waals surface area contributed by atoms with Gasteiger partial charge in [-0.1, -0.05) is 43.6 Å². The second kappa shape index (κ2) is 10.2. The van der Waals surface area contributed by atoms with Gasteiger partial charge in [-0.05, 0) is 60.4 Å². The minimum absolute atomic E-state index is 0.131. The van der Waals surface area contributed by atoms with Crippen molar-refractivity contribution in [3.05, 3.63) is 76.8 Å². The normalized spacial score (nSPS) is 10.6. The zero-order chi connectivity index (χ0) is 22.4. The van der Waals surface area contributed by atoms with Crippen molar-refractivity contribution in [3.8, 4) is 23.0 Å². The number of carbonyl (C=O) groups is 1. The number of methoxy groups -OCH3 is 1. The lowest BCUT2D eigenvalue weighted by Gasteiger charge is -2.16. The molecule has 0 saturated heterocycles. The smallest absolute Gasteiger partial charge is 0.262 e. The first-order valence-electron chi connectivity index (χ1n) is 10.0. The molecule has 0 unspecified atom stereocenters. The lowest BCUT2D eigenvalue weighted by molar-refractivity contribution is -0.118. The highest BCUT2D eigenvalue weighted by atomic mass is 35.5. The molecule has 0 bridgehead atoms. The Morgan fingerprint density at radius 3 is 2.52 bits per heavy atom. The highest BCUT2D eigenvalue weighted by molar-refractivity contribution is 6.31. The van der Waals surface area contributed by atoms with Crippen LogP contribution in [0.15, 0.2) is 60.7 Å². The summed E-state index contributed by atoms with van der Waals surface area (Å²) < 4.78 is 17.0. The van der Waals surface area contributed by atoms with E-state index in [-0.39, 0.29) is 18.4 Å². The van der Waals surface area contributed by atoms with E-state index in [4.69, 9.17) is 25.8 Å². The molecule has 162 valence electrons. The maximum atomic E-state index is 12.6. The zero-order valence-electron chi connectivity index (χ0n) is 18.1. The third kappa shape index (κ3) is 6.15. The molecular formula is C25H26ClNO4. The molecule has 0 spiro atoms. The van der Waals surface area contributed by atoms with Gasteiger partial charge < -0.3 is 19.5 Å². The minimum Gasteiger partial charge on any atom is -0.497 e. The van der Waals surface area contributed by atoms with Gasteiger partial charge in [0.15, 0.2) is 12.4 Å². The number of halogens is 1. The molecule has 3 aromatic rings. The Labute approximate surface area is 187 Å². The number of hydrogen-bond acceptors (Lipinski definition) is 4. The summed E-state index contributed by atoms with van der Waals surface area (Å²) in [7, 11) is 1.59. The van der Waals surface area contributed by atoms with Crippen molar-refractivity contribution >= 4 is 23.2 Å². The van der Waals surface area contributed by atoms with Crippen molar-refractivity contribution in [2.24, 2.45) is 0 Å². The average Bonchev–Trinajstić information content (AvgIpc) is 2.74. The molecule has 1 amide bonds. The van der Waals surface area contributed by atoms with Gasteiger partial charge in [0.1, 0.15) is 17.2 Å². The molecule has 0 radical (unpaired) electrons. The Balaban J connectivity index is 1.73. The number of benzene rings is 3. The summed E-state index contributed by atoms with van der Waals surface area (Å²) in [5.74, 6) is 2.40. The van der Waals surface area contributed by atoms with Gasteiger partial charge in [0.2, 0.25) is 0 Å². The van der Waals surface area contributed by atoms with Crippen LogP contribution in [0.25, 0.3) is 0 Å². The van der Waals surface area contributed by atoms with Crippen LogP contribution in [0.1, 0.15) is 30.9 Å². The number of hydrogen-bond donors (Lipinski definition) is 1. The van der Waals surface area contributed by atoms with Gasteiger partial charge in [0.05, 0.1) is 12.8 Å². The van der Waals surface area contributed by atoms with Crippen LogP contribution in [-0.2, 0) is 4.79 Å². The van der Waals surface area contributed by atoms with Gasteiger partial charge in [0.25, 0.3) is 5.91 Å². The molecule has 1 N–H and O–H groups in total. The topological polar surface area (TPSA) is 56.8 Å². The van der Waals surface area contributed by atoms with Crippen molar-refractivity contribution in [2.45, 2.75) is 26.7 Å². The van der Waals surface area contributed by atoms with Gasteiger partial charge in [-0.15, -0.1) is 0 Å². The number of ether oxygens (including phenoxy) is 3. The number of carbonyl (C=O) groups excluding carboxylic acids is 1. The van der Waals surface area contributed by atoms with Crippen LogP contribution in [-0.4, -0.2) is 19.6 Å². The van der Waals surface area contributed by atoms with Crippen LogP contribution in [0.2, 0.25) is 5.02 Å². The van der Waals surface area contributed by atoms with Crippen molar-refractivity contribution in [3.63, 3.8) is 0 Å². The van der Waals surface area contributed by atoms with Crippen molar-refractivity contribution < 1.29 is 19.0 Å². The van der Waals surface area contributed by atoms with E-state index in [1.165, 1.54) is 0 Å². The summed E-state index contributed by atoms with van der Waals surface area (Å²) >= 11 is 6.14. The lowest BCUT2D eigenvalue weighted by atomic mass is 10.0. The van der Waals surface area contributed by atoms with Crippen molar-refractivity contribution in [1.82, 2.24) is 0 Å². The first-order chi connectivity index (χ1) is 14.9. The summed E-state index contributed by atoms with van der Waals surface area (Å²) in [6.45, 7) is 6.04. The SMILES string of the molecule is COc1cccc(Oc2ccc(Cl)cc2NC(=O)COc2cc(C)ccc2C(C)C)c1. The highest BCUT2D eigenvalue weighted by Crippen LogP contribution is 2.33. The number of anilines is 1. The van der Waals surface area contributed by atoms with Crippen LogP contribution in [0.4, 0.5) is 5.69 Å². The second-order valence-electron chi connectivity index (χ2n) is 7.45. The summed E-state index contributed by atoms with van der Waals surface area (Å²) in [6, 6.07) is 18.3. The van der Waals surface area contributed by atoms with Crippen LogP contribution >= 0.6 is 11.6 Å². The third-order valence-corrected chi connectivity index (χ3v) is 4.87. The van der Waals surface area contributed by atoms with E-state index in [1.807, 2.05) is 37.3 Å². The molecule has 0 heterocycles. The van der Waals surface area contributed by atoms with Crippen LogP contribution in [0.3, 0.4) is 0 Å². The first-order valence-corrected chi connectivity index (χ1v) is 10.4. The second-order valence-corrected chi connectivity index (χ2v) is 7.89. The molecule has 0 aromatic heterocycles. The minimum atomic E-state index is -0.311. The van der Waals surface area contributed by atoms with Gasteiger partial charge in [-0.3, -0.25) is 4.79 Å². The molecule has 5 nitrogen and oxygen atoms in total. The zero-order valence-corrected chi connectivity index (χ0v) is 18.8. The van der Waals surface area contributed by atoms with Gasteiger partial charge in [0, 0.05) is 11.1 Å². The average molecular weight is 440 g/mol. The Morgan fingerprint density at radius 2 is 1.77 bits per heavy atom. The number of aryl methyl sites for hydroxylation is 1. The molecule has 31 heavy (non-hydrogen) atoms. The molecule has 0 aliphatic rings. The molecule has 0 atom stereocenters. The predicted molar refractivity (Wildman–Crippen MR) is 124 cm³/mol. The maximum absolute atomic E-state index is 12.6. The lowest BCUT2D eigenvalue weighted by Crippen LogP contribution is -2.21. The fraction of sp³-hybridized carbons (Fsp3) is 0.240. The van der Waals surface area contributed by atoms with Gasteiger partial charge in [-0.2, -0.15) is 0 Å². The molecule has 0 aliphatic carbocycles. The molecular weight excluding hydrogens is 414 g/mol. The Morgan fingerprint density at radius 1 is 1.00 bits per heavy atom. The summed E-state index contributed by atoms with van der Waals surface area (Å²) in [6.07, 6.45) is 0. The summed E-state index contributed by atoms with van der Waals surface area (Å²) in [4.78, 5) is 12.6. The fourth-order valence-corrected chi connectivity index (χ4v) is 3.23. The van der Waals surface area contributed by atoms with E-state index in [2.05, 4.69) is 19.2 Å². The monoisotopic (exact) mass is 439 g/mol. The summed E-state index contributed by atoms with van der Waals surface area (Å²) in [5, 5.41) is 3.31. The van der Waals surface area contributed by atoms with E-state index < -0.39 is 0 Å². The number of amides is 1. The Bertz CT molecular complexity index is 1070. The molecule has 3 rings (SSSR count). The van der Waals surface area contributed by atoms with Crippen LogP contribution in [0, 0.1) is 6.92 Å². The largest absolute Gasteiger partial charge is 0.497 e. The van der Waals surface area contributed by atoms with E-state index in [0.29, 0.717) is 33.7 Å². The molecule has 0 aliphatic heterocycles. The standard InChI is InChI=1S/C25H26ClNO4/c1-16(2)21-10-8-17(3)12-24(21)30-15-25(28)27-22-13-18(26)9-11-23(22)31-20-7-5-6-19(14-20)29-4/h5-14,16H,15H2,1-4H3,(H,27,28). The van der Waals surface area contributed by atoms with Crippen molar-refractivity contribution in [2.75, 3.05) is 19.0 Å². The quantitative estimate of drug-likeness (QED) is 0.430. The fourth-order valence-electron chi connectivity index (χ4n) is 3.05. The Hall–Kier alpha value is -3.18. The maximum Gasteiger partial charge on any atom is 0.262 e. The van der Waals surface area contributed by atoms with E-state index >= 15 is 0 Å². The Kier molecular flexibility index (Phi) is 7.42. The first kappa shape index (κ1) is 22.5. The van der Waals surface area contributed by atoms with E-state index in [9.17, 15) is 4.79 Å². The van der Waals surface area contributed by atoms with Crippen molar-refractivity contribution in [1.29, 1.82) is 0 Å². The summed E-state index contributed by atoms with van der Waals surface area (Å²) in [5.41, 5.74) is 2.59. The number of nitrogens with one attached hydrogen (secondary N) is 1. The molecule has 0 saturated carbocycles. The van der Waals surface area contributed by atoms with Crippen LogP contribution < -0.4 is 19.5 Å². The highest BCUT2D eigenvalue weighted by Gasteiger charge is 2.13. The van der Waals surface area contributed by atoms with Gasteiger partial charge in [-0.25, -0.2) is 0 Å². The predicted octanol–water partition coefficient (Wildman–Crippen LogP) is 6.59. The molecule has 6 heteroatoms. The van der Waals surface area contributed by atoms with Crippen LogP contribution in [0.5, 0.6) is 23.0 Å². The van der Waals surface area contributed by atoms with E-state index in [0.717, 1.165) is 11.1 Å². The molecule has 0 fully saturated rings. The van der Waals surface area contributed by atoms with Gasteiger partial charge >= 0.3 is 0 Å². The molecule has 3 aromatic carbocycles. The number of rotatable bonds is 8. The third-order valence-electron chi connectivity index (χ3n) is 4.63. The van der Waals surface area contributed by atoms with E-state index in [1.54, 1.807) is 37.4 Å².